The Labute approximate surface area is 82.2 Å². The topological polar surface area (TPSA) is 78.4 Å². The smallest absolute Gasteiger partial charge is 0.322 e. The Morgan fingerprint density at radius 3 is 2.71 bits per heavy atom. The maximum absolute atomic E-state index is 11.1. The van der Waals surface area contributed by atoms with E-state index >= 15 is 0 Å². The third-order valence-electron chi connectivity index (χ3n) is 2.11. The minimum atomic E-state index is -0.656. The van der Waals surface area contributed by atoms with E-state index in [4.69, 9.17) is 10.3 Å². The van der Waals surface area contributed by atoms with Gasteiger partial charge in [0, 0.05) is 12.0 Å². The third kappa shape index (κ3) is 2.11. The first kappa shape index (κ1) is 10.7. The second kappa shape index (κ2) is 4.23. The Bertz CT molecular complexity index is 313. The van der Waals surface area contributed by atoms with Crippen LogP contribution >= 0.6 is 0 Å². The largest absolute Gasteiger partial charge is 0.468 e. The first-order chi connectivity index (χ1) is 6.56. The van der Waals surface area contributed by atoms with Crippen molar-refractivity contribution >= 4 is 5.97 Å². The SMILES string of the molecule is COC(=O)[C@@H](N)Cc1c(C)noc1C. The van der Waals surface area contributed by atoms with Gasteiger partial charge in [0.1, 0.15) is 11.8 Å². The van der Waals surface area contributed by atoms with Gasteiger partial charge in [-0.25, -0.2) is 0 Å². The van der Waals surface area contributed by atoms with E-state index in [1.807, 2.05) is 6.92 Å². The summed E-state index contributed by atoms with van der Waals surface area (Å²) in [4.78, 5) is 11.1. The Balaban J connectivity index is 2.73. The molecule has 0 saturated heterocycles. The number of ether oxygens (including phenoxy) is 1. The minimum Gasteiger partial charge on any atom is -0.468 e. The molecular formula is C9H14N2O3. The van der Waals surface area contributed by atoms with Crippen molar-refractivity contribution in [3.05, 3.63) is 17.0 Å². The highest BCUT2D eigenvalue weighted by Gasteiger charge is 2.19. The highest BCUT2D eigenvalue weighted by molar-refractivity contribution is 5.75. The van der Waals surface area contributed by atoms with Crippen molar-refractivity contribution < 1.29 is 14.1 Å². The normalized spacial score (nSPS) is 12.6. The van der Waals surface area contributed by atoms with Gasteiger partial charge in [-0.3, -0.25) is 4.79 Å². The average molecular weight is 198 g/mol. The summed E-state index contributed by atoms with van der Waals surface area (Å²) in [6.07, 6.45) is 0.397. The molecule has 78 valence electrons. The number of hydrogen-bond donors (Lipinski definition) is 1. The van der Waals surface area contributed by atoms with E-state index in [9.17, 15) is 4.79 Å². The molecule has 1 rings (SSSR count). The third-order valence-corrected chi connectivity index (χ3v) is 2.11. The van der Waals surface area contributed by atoms with Gasteiger partial charge in [-0.05, 0) is 13.8 Å². The van der Waals surface area contributed by atoms with E-state index in [1.165, 1.54) is 7.11 Å². The van der Waals surface area contributed by atoms with Gasteiger partial charge in [0.2, 0.25) is 0 Å². The molecule has 14 heavy (non-hydrogen) atoms. The summed E-state index contributed by atoms with van der Waals surface area (Å²) in [7, 11) is 1.32. The first-order valence-corrected chi connectivity index (χ1v) is 4.31. The number of methoxy groups -OCH3 is 1. The summed E-state index contributed by atoms with van der Waals surface area (Å²) >= 11 is 0. The van der Waals surface area contributed by atoms with Crippen molar-refractivity contribution in [1.82, 2.24) is 5.16 Å². The van der Waals surface area contributed by atoms with Crippen LogP contribution < -0.4 is 5.73 Å². The zero-order chi connectivity index (χ0) is 10.7. The highest BCUT2D eigenvalue weighted by atomic mass is 16.5. The standard InChI is InChI=1S/C9H14N2O3/c1-5-7(6(2)14-11-5)4-8(10)9(12)13-3/h8H,4,10H2,1-3H3/t8-/m0/s1. The van der Waals surface area contributed by atoms with Crippen LogP contribution in [0.3, 0.4) is 0 Å². The molecule has 0 saturated carbocycles. The second-order valence-electron chi connectivity index (χ2n) is 3.14. The van der Waals surface area contributed by atoms with Crippen LogP contribution in [0.4, 0.5) is 0 Å². The predicted octanol–water partition coefficient (Wildman–Crippen LogP) is 0.334. The number of carbonyl (C=O) groups excluding carboxylic acids is 1. The molecule has 0 spiro atoms. The maximum Gasteiger partial charge on any atom is 0.322 e. The van der Waals surface area contributed by atoms with Crippen molar-refractivity contribution in [3.8, 4) is 0 Å². The molecule has 0 unspecified atom stereocenters. The van der Waals surface area contributed by atoms with Gasteiger partial charge in [-0.2, -0.15) is 0 Å². The number of esters is 1. The molecule has 5 nitrogen and oxygen atoms in total. The predicted molar refractivity (Wildman–Crippen MR) is 49.7 cm³/mol. The van der Waals surface area contributed by atoms with E-state index < -0.39 is 12.0 Å². The van der Waals surface area contributed by atoms with Gasteiger partial charge in [0.15, 0.2) is 0 Å². The fourth-order valence-electron chi connectivity index (χ4n) is 1.25. The van der Waals surface area contributed by atoms with Crippen LogP contribution in [-0.4, -0.2) is 24.3 Å². The molecule has 0 aliphatic carbocycles. The molecule has 0 aliphatic rings. The van der Waals surface area contributed by atoms with E-state index in [1.54, 1.807) is 6.92 Å². The van der Waals surface area contributed by atoms with Gasteiger partial charge in [0.05, 0.1) is 12.8 Å². The summed E-state index contributed by atoms with van der Waals surface area (Å²) < 4.78 is 9.48. The number of hydrogen-bond acceptors (Lipinski definition) is 5. The molecule has 1 aromatic heterocycles. The van der Waals surface area contributed by atoms with Crippen LogP contribution in [0, 0.1) is 13.8 Å². The van der Waals surface area contributed by atoms with E-state index in [-0.39, 0.29) is 0 Å². The number of nitrogens with two attached hydrogens (primary N) is 1. The monoisotopic (exact) mass is 198 g/mol. The molecule has 0 aliphatic heterocycles. The van der Waals surface area contributed by atoms with Crippen molar-refractivity contribution in [1.29, 1.82) is 0 Å². The quantitative estimate of drug-likeness (QED) is 0.708. The number of nitrogens with zero attached hydrogens (tertiary/aromatic N) is 1. The maximum atomic E-state index is 11.1. The van der Waals surface area contributed by atoms with Crippen molar-refractivity contribution in [2.45, 2.75) is 26.3 Å². The van der Waals surface area contributed by atoms with Crippen LogP contribution in [0.25, 0.3) is 0 Å². The minimum absolute atomic E-state index is 0.397. The molecule has 5 heteroatoms. The van der Waals surface area contributed by atoms with Crippen LogP contribution in [0.15, 0.2) is 4.52 Å². The number of aromatic nitrogens is 1. The molecule has 1 heterocycles. The molecule has 0 aromatic carbocycles. The van der Waals surface area contributed by atoms with E-state index in [0.29, 0.717) is 12.2 Å². The molecule has 0 amide bonds. The molecule has 0 bridgehead atoms. The van der Waals surface area contributed by atoms with Crippen molar-refractivity contribution in [2.75, 3.05) is 7.11 Å². The summed E-state index contributed by atoms with van der Waals surface area (Å²) in [5.74, 6) is 0.270. The molecule has 2 N–H and O–H groups in total. The van der Waals surface area contributed by atoms with Crippen LogP contribution in [-0.2, 0) is 16.0 Å². The lowest BCUT2D eigenvalue weighted by Gasteiger charge is -2.07. The van der Waals surface area contributed by atoms with Crippen LogP contribution in [0.5, 0.6) is 0 Å². The molecule has 0 radical (unpaired) electrons. The lowest BCUT2D eigenvalue weighted by molar-refractivity contribution is -0.142. The summed E-state index contributed by atoms with van der Waals surface area (Å²) in [6.45, 7) is 3.61. The lowest BCUT2D eigenvalue weighted by Crippen LogP contribution is -2.33. The number of carbonyl (C=O) groups is 1. The van der Waals surface area contributed by atoms with Crippen molar-refractivity contribution in [2.24, 2.45) is 5.73 Å². The molecule has 0 fully saturated rings. The average Bonchev–Trinajstić information content (AvgIpc) is 2.48. The summed E-state index contributed by atoms with van der Waals surface area (Å²) in [5, 5.41) is 3.77. The summed E-state index contributed by atoms with van der Waals surface area (Å²) in [6, 6.07) is -0.656. The molecule has 1 atom stereocenters. The van der Waals surface area contributed by atoms with Crippen molar-refractivity contribution in [3.63, 3.8) is 0 Å². The summed E-state index contributed by atoms with van der Waals surface area (Å²) in [5.41, 5.74) is 7.26. The van der Waals surface area contributed by atoms with Gasteiger partial charge in [-0.15, -0.1) is 0 Å². The van der Waals surface area contributed by atoms with Gasteiger partial charge in [0.25, 0.3) is 0 Å². The molecular weight excluding hydrogens is 184 g/mol. The Morgan fingerprint density at radius 1 is 1.64 bits per heavy atom. The van der Waals surface area contributed by atoms with E-state index in [2.05, 4.69) is 9.89 Å². The van der Waals surface area contributed by atoms with Crippen LogP contribution in [0.1, 0.15) is 17.0 Å². The van der Waals surface area contributed by atoms with Gasteiger partial charge >= 0.3 is 5.97 Å². The fraction of sp³-hybridized carbons (Fsp3) is 0.556. The number of aryl methyl sites for hydroxylation is 2. The van der Waals surface area contributed by atoms with Crippen LogP contribution in [0.2, 0.25) is 0 Å². The Hall–Kier alpha value is -1.36. The second-order valence-corrected chi connectivity index (χ2v) is 3.14. The highest BCUT2D eigenvalue weighted by Crippen LogP contribution is 2.14. The Kier molecular flexibility index (Phi) is 3.24. The Morgan fingerprint density at radius 2 is 2.29 bits per heavy atom. The zero-order valence-corrected chi connectivity index (χ0v) is 8.53. The number of rotatable bonds is 3. The zero-order valence-electron chi connectivity index (χ0n) is 8.53. The van der Waals surface area contributed by atoms with E-state index in [0.717, 1.165) is 11.3 Å². The van der Waals surface area contributed by atoms with Gasteiger partial charge < -0.3 is 15.0 Å². The molecule has 1 aromatic rings. The first-order valence-electron chi connectivity index (χ1n) is 4.31. The fourth-order valence-corrected chi connectivity index (χ4v) is 1.25. The van der Waals surface area contributed by atoms with Gasteiger partial charge in [-0.1, -0.05) is 5.16 Å². The lowest BCUT2D eigenvalue weighted by atomic mass is 10.1.